The van der Waals surface area contributed by atoms with Crippen LogP contribution in [-0.2, 0) is 4.74 Å². The third-order valence-corrected chi connectivity index (χ3v) is 3.83. The molecule has 1 atom stereocenters. The molecule has 1 aliphatic rings. The molecule has 0 bridgehead atoms. The van der Waals surface area contributed by atoms with Crippen molar-refractivity contribution in [3.05, 3.63) is 0 Å². The molecule has 0 aromatic carbocycles. The van der Waals surface area contributed by atoms with Crippen LogP contribution in [0.5, 0.6) is 0 Å². The summed E-state index contributed by atoms with van der Waals surface area (Å²) in [5, 5.41) is 0. The summed E-state index contributed by atoms with van der Waals surface area (Å²) in [7, 11) is 4.06. The summed E-state index contributed by atoms with van der Waals surface area (Å²) in [6.07, 6.45) is 9.19. The molecular formula is C13H28N2O. The molecule has 0 spiro atoms. The largest absolute Gasteiger partial charge is 0.383 e. The lowest BCUT2D eigenvalue weighted by molar-refractivity contribution is 0.0615. The van der Waals surface area contributed by atoms with Gasteiger partial charge in [-0.05, 0) is 39.3 Å². The standard InChI is InChI=1S/C13H28N2O/c1-15(12-7-4-3-5-8-12)13(11-16-2)9-6-10-14/h12-13H,3-11,14H2,1-2H3. The van der Waals surface area contributed by atoms with Crippen molar-refractivity contribution in [2.24, 2.45) is 5.73 Å². The van der Waals surface area contributed by atoms with E-state index in [0.717, 1.165) is 32.0 Å². The van der Waals surface area contributed by atoms with Crippen LogP contribution >= 0.6 is 0 Å². The van der Waals surface area contributed by atoms with Gasteiger partial charge in [0, 0.05) is 19.2 Å². The number of rotatable bonds is 7. The number of hydrogen-bond donors (Lipinski definition) is 1. The normalized spacial score (nSPS) is 20.2. The van der Waals surface area contributed by atoms with Gasteiger partial charge in [0.2, 0.25) is 0 Å². The maximum Gasteiger partial charge on any atom is 0.0618 e. The molecule has 0 amide bonds. The van der Waals surface area contributed by atoms with Crippen molar-refractivity contribution < 1.29 is 4.74 Å². The van der Waals surface area contributed by atoms with E-state index in [1.54, 1.807) is 7.11 Å². The first kappa shape index (κ1) is 13.9. The van der Waals surface area contributed by atoms with Gasteiger partial charge in [-0.25, -0.2) is 0 Å². The summed E-state index contributed by atoms with van der Waals surface area (Å²) >= 11 is 0. The number of nitrogens with zero attached hydrogens (tertiary/aromatic N) is 1. The summed E-state index contributed by atoms with van der Waals surface area (Å²) in [6, 6.07) is 1.32. The van der Waals surface area contributed by atoms with Crippen molar-refractivity contribution in [1.29, 1.82) is 0 Å². The van der Waals surface area contributed by atoms with Gasteiger partial charge >= 0.3 is 0 Å². The highest BCUT2D eigenvalue weighted by Crippen LogP contribution is 2.24. The summed E-state index contributed by atoms with van der Waals surface area (Å²) in [4.78, 5) is 2.54. The molecule has 0 aromatic rings. The van der Waals surface area contributed by atoms with E-state index < -0.39 is 0 Å². The van der Waals surface area contributed by atoms with E-state index in [1.165, 1.54) is 32.1 Å². The molecule has 16 heavy (non-hydrogen) atoms. The lowest BCUT2D eigenvalue weighted by Gasteiger charge is -2.37. The van der Waals surface area contributed by atoms with E-state index in [-0.39, 0.29) is 0 Å². The van der Waals surface area contributed by atoms with E-state index in [4.69, 9.17) is 10.5 Å². The number of hydrogen-bond acceptors (Lipinski definition) is 3. The smallest absolute Gasteiger partial charge is 0.0618 e. The maximum atomic E-state index is 5.59. The van der Waals surface area contributed by atoms with Crippen LogP contribution in [0.3, 0.4) is 0 Å². The fourth-order valence-electron chi connectivity index (χ4n) is 2.74. The Balaban J connectivity index is 2.40. The Labute approximate surface area is 100 Å². The second-order valence-corrected chi connectivity index (χ2v) is 5.00. The highest BCUT2D eigenvalue weighted by atomic mass is 16.5. The van der Waals surface area contributed by atoms with E-state index in [9.17, 15) is 0 Å². The van der Waals surface area contributed by atoms with Gasteiger partial charge in [0.15, 0.2) is 0 Å². The molecule has 1 fully saturated rings. The lowest BCUT2D eigenvalue weighted by Crippen LogP contribution is -2.43. The molecule has 3 nitrogen and oxygen atoms in total. The van der Waals surface area contributed by atoms with Crippen molar-refractivity contribution in [2.75, 3.05) is 27.3 Å². The fourth-order valence-corrected chi connectivity index (χ4v) is 2.74. The van der Waals surface area contributed by atoms with Crippen LogP contribution in [-0.4, -0.2) is 44.3 Å². The first-order chi connectivity index (χ1) is 7.79. The molecule has 1 unspecified atom stereocenters. The van der Waals surface area contributed by atoms with E-state index in [0.29, 0.717) is 6.04 Å². The third kappa shape index (κ3) is 4.40. The second kappa shape index (κ2) is 8.04. The molecule has 3 heteroatoms. The van der Waals surface area contributed by atoms with Gasteiger partial charge in [-0.2, -0.15) is 0 Å². The molecule has 1 saturated carbocycles. The summed E-state index contributed by atoms with van der Waals surface area (Å²) in [5.74, 6) is 0. The monoisotopic (exact) mass is 228 g/mol. The van der Waals surface area contributed by atoms with Crippen LogP contribution in [0.2, 0.25) is 0 Å². The number of nitrogens with two attached hydrogens (primary N) is 1. The van der Waals surface area contributed by atoms with Crippen LogP contribution in [0.25, 0.3) is 0 Å². The van der Waals surface area contributed by atoms with Gasteiger partial charge < -0.3 is 10.5 Å². The van der Waals surface area contributed by atoms with Crippen LogP contribution in [0.15, 0.2) is 0 Å². The molecule has 96 valence electrons. The maximum absolute atomic E-state index is 5.59. The van der Waals surface area contributed by atoms with Gasteiger partial charge in [-0.1, -0.05) is 19.3 Å². The topological polar surface area (TPSA) is 38.5 Å². The zero-order valence-electron chi connectivity index (χ0n) is 11.0. The summed E-state index contributed by atoms with van der Waals surface area (Å²) < 4.78 is 5.33. The minimum atomic E-state index is 0.552. The first-order valence-electron chi connectivity index (χ1n) is 6.70. The highest BCUT2D eigenvalue weighted by Gasteiger charge is 2.23. The van der Waals surface area contributed by atoms with Crippen LogP contribution < -0.4 is 5.73 Å². The molecule has 1 rings (SSSR count). The Morgan fingerprint density at radius 2 is 2.00 bits per heavy atom. The predicted octanol–water partition coefficient (Wildman–Crippen LogP) is 2.00. The summed E-state index contributed by atoms with van der Waals surface area (Å²) in [5.41, 5.74) is 5.59. The van der Waals surface area contributed by atoms with Crippen molar-refractivity contribution in [1.82, 2.24) is 4.90 Å². The van der Waals surface area contributed by atoms with Crippen molar-refractivity contribution >= 4 is 0 Å². The summed E-state index contributed by atoms with van der Waals surface area (Å²) in [6.45, 7) is 1.63. The second-order valence-electron chi connectivity index (χ2n) is 5.00. The van der Waals surface area contributed by atoms with Crippen molar-refractivity contribution in [3.63, 3.8) is 0 Å². The van der Waals surface area contributed by atoms with E-state index >= 15 is 0 Å². The Kier molecular flexibility index (Phi) is 7.01. The minimum Gasteiger partial charge on any atom is -0.383 e. The third-order valence-electron chi connectivity index (χ3n) is 3.83. The molecule has 2 N–H and O–H groups in total. The van der Waals surface area contributed by atoms with E-state index in [2.05, 4.69) is 11.9 Å². The van der Waals surface area contributed by atoms with Crippen LogP contribution in [0.1, 0.15) is 44.9 Å². The van der Waals surface area contributed by atoms with Gasteiger partial charge in [0.1, 0.15) is 0 Å². The molecule has 0 aliphatic heterocycles. The van der Waals surface area contributed by atoms with Crippen molar-refractivity contribution in [2.45, 2.75) is 57.0 Å². The van der Waals surface area contributed by atoms with E-state index in [1.807, 2.05) is 0 Å². The SMILES string of the molecule is COCC(CCCN)N(C)C1CCCCC1. The number of ether oxygens (including phenoxy) is 1. The van der Waals surface area contributed by atoms with Gasteiger partial charge in [-0.3, -0.25) is 4.90 Å². The van der Waals surface area contributed by atoms with Crippen LogP contribution in [0.4, 0.5) is 0 Å². The number of methoxy groups -OCH3 is 1. The van der Waals surface area contributed by atoms with Gasteiger partial charge in [-0.15, -0.1) is 0 Å². The molecule has 0 aromatic heterocycles. The first-order valence-corrected chi connectivity index (χ1v) is 6.70. The molecule has 1 aliphatic carbocycles. The Bertz CT molecular complexity index is 169. The zero-order valence-corrected chi connectivity index (χ0v) is 11.0. The number of likely N-dealkylation sites (N-methyl/N-ethyl adjacent to an activating group) is 1. The Hall–Kier alpha value is -0.120. The van der Waals surface area contributed by atoms with Gasteiger partial charge in [0.05, 0.1) is 6.61 Å². The predicted molar refractivity (Wildman–Crippen MR) is 68.6 cm³/mol. The molecule has 0 saturated heterocycles. The fraction of sp³-hybridized carbons (Fsp3) is 1.00. The zero-order chi connectivity index (χ0) is 11.8. The molecular weight excluding hydrogens is 200 g/mol. The van der Waals surface area contributed by atoms with Crippen molar-refractivity contribution in [3.8, 4) is 0 Å². The van der Waals surface area contributed by atoms with Crippen LogP contribution in [0, 0.1) is 0 Å². The average molecular weight is 228 g/mol. The quantitative estimate of drug-likeness (QED) is 0.724. The lowest BCUT2D eigenvalue weighted by atomic mass is 9.93. The minimum absolute atomic E-state index is 0.552. The highest BCUT2D eigenvalue weighted by molar-refractivity contribution is 4.79. The van der Waals surface area contributed by atoms with Gasteiger partial charge in [0.25, 0.3) is 0 Å². The molecule has 0 heterocycles. The molecule has 0 radical (unpaired) electrons. The Morgan fingerprint density at radius 1 is 1.31 bits per heavy atom. The Morgan fingerprint density at radius 3 is 2.56 bits per heavy atom. The average Bonchev–Trinajstić information content (AvgIpc) is 2.35.